The fraction of sp³-hybridized carbons (Fsp3) is 0.756. The average Bonchev–Trinajstić information content (AvgIpc) is 1.29. The van der Waals surface area contributed by atoms with Gasteiger partial charge in [0.25, 0.3) is 11.8 Å². The molecular formula is C86H140N2O37. The molecule has 0 aliphatic carbocycles. The number of Topliss-reactive ketones (excluding diaryl/α,β-unsaturated/α-hetero) is 2. The van der Waals surface area contributed by atoms with Crippen molar-refractivity contribution >= 4 is 41.2 Å². The Bertz CT molecular complexity index is 3160. The lowest BCUT2D eigenvalue weighted by Crippen LogP contribution is -2.59. The number of ether oxygens (including phenoxy) is 26. The van der Waals surface area contributed by atoms with E-state index < -0.39 is 95.7 Å². The first-order valence-electron chi connectivity index (χ1n) is 42.8. The van der Waals surface area contributed by atoms with Crippen molar-refractivity contribution in [3.8, 4) is 11.5 Å². The number of methoxy groups -OCH3 is 2. The van der Waals surface area contributed by atoms with Crippen LogP contribution >= 0.6 is 0 Å². The third-order valence-electron chi connectivity index (χ3n) is 18.7. The number of rotatable bonds is 86. The molecule has 0 saturated carbocycles. The molecule has 2 aromatic rings. The van der Waals surface area contributed by atoms with Crippen molar-refractivity contribution in [3.05, 3.63) is 70.8 Å². The van der Waals surface area contributed by atoms with Crippen LogP contribution < -0.4 is 14.8 Å². The summed E-state index contributed by atoms with van der Waals surface area (Å²) in [7, 11) is 3.25. The van der Waals surface area contributed by atoms with Crippen molar-refractivity contribution in [2.45, 2.75) is 109 Å². The Balaban J connectivity index is 1.28. The summed E-state index contributed by atoms with van der Waals surface area (Å²) in [5.74, 6) is -6.13. The Kier molecular flexibility index (Phi) is 65.2. The van der Waals surface area contributed by atoms with E-state index in [1.54, 1.807) is 64.5 Å². The van der Waals surface area contributed by atoms with E-state index in [1.165, 1.54) is 13.8 Å². The summed E-state index contributed by atoms with van der Waals surface area (Å²) in [6.07, 6.45) is -7.25. The van der Waals surface area contributed by atoms with Gasteiger partial charge in [-0.05, 0) is 66.5 Å². The largest absolute Gasteiger partial charge is 0.487 e. The SMILES string of the molecule is COCCOCCOCCOCCOCCOCCOCCOCCOCCOCCOCCOc1ccc(C[C@H](NC(=O)[C@@H](CC(=O)[C@H](C)N2C(=O)C=CC2=O)C(C)C)C(=O)Cc2ccc(COC(C)=O)c(CC[C@@H]3O[C@H](C(=O)O)[C@@H](O)[C@H](O)[C@H]3O)c2)cc1OCCOCCOCCOCCOCCOCCOCCOCCOCCOCCOCCOC. The number of aliphatic hydroxyl groups excluding tert-OH is 3. The Labute approximate surface area is 733 Å². The summed E-state index contributed by atoms with van der Waals surface area (Å²) in [6, 6.07) is 7.48. The van der Waals surface area contributed by atoms with Gasteiger partial charge in [0.15, 0.2) is 29.2 Å². The van der Waals surface area contributed by atoms with Crippen LogP contribution in [0.1, 0.15) is 62.8 Å². The molecule has 8 atom stereocenters. The van der Waals surface area contributed by atoms with Gasteiger partial charge in [-0.15, -0.1) is 0 Å². The minimum Gasteiger partial charge on any atom is -0.487 e. The molecule has 5 N–H and O–H groups in total. The molecule has 1 saturated heterocycles. The van der Waals surface area contributed by atoms with E-state index in [-0.39, 0.29) is 97.3 Å². The number of aliphatic carboxylic acids is 1. The second-order valence-electron chi connectivity index (χ2n) is 28.5. The van der Waals surface area contributed by atoms with Gasteiger partial charge in [-0.25, -0.2) is 4.79 Å². The minimum atomic E-state index is -1.91. The van der Waals surface area contributed by atoms with Crippen molar-refractivity contribution in [2.24, 2.45) is 11.8 Å². The van der Waals surface area contributed by atoms with Crippen LogP contribution in [0.2, 0.25) is 0 Å². The fourth-order valence-corrected chi connectivity index (χ4v) is 11.9. The van der Waals surface area contributed by atoms with Crippen LogP contribution in [0.15, 0.2) is 48.6 Å². The molecule has 1 fully saturated rings. The molecule has 39 heteroatoms. The van der Waals surface area contributed by atoms with Crippen LogP contribution in [-0.2, 0) is 173 Å². The number of aryl methyl sites for hydroxylation is 1. The van der Waals surface area contributed by atoms with Gasteiger partial charge in [-0.1, -0.05) is 38.1 Å². The van der Waals surface area contributed by atoms with Crippen molar-refractivity contribution in [1.82, 2.24) is 10.2 Å². The maximum atomic E-state index is 15.0. The number of carboxylic acid groups (broad SMARTS) is 1. The number of carbonyl (C=O) groups excluding carboxylic acids is 6. The number of carbonyl (C=O) groups is 7. The van der Waals surface area contributed by atoms with E-state index in [9.17, 15) is 49.2 Å². The first-order chi connectivity index (χ1) is 60.9. The van der Waals surface area contributed by atoms with Crippen LogP contribution in [0.4, 0.5) is 0 Å². The number of esters is 1. The molecule has 0 aromatic heterocycles. The summed E-state index contributed by atoms with van der Waals surface area (Å²) in [6.45, 7) is 23.1. The first-order valence-corrected chi connectivity index (χ1v) is 42.8. The maximum Gasteiger partial charge on any atom is 0.335 e. The number of nitrogens with one attached hydrogen (secondary N) is 1. The van der Waals surface area contributed by atoms with Crippen LogP contribution in [-0.4, -0.2) is 414 Å². The molecule has 2 heterocycles. The van der Waals surface area contributed by atoms with E-state index in [2.05, 4.69) is 5.32 Å². The van der Waals surface area contributed by atoms with Crippen LogP contribution in [0.25, 0.3) is 0 Å². The molecule has 0 unspecified atom stereocenters. The highest BCUT2D eigenvalue weighted by atomic mass is 16.6. The van der Waals surface area contributed by atoms with Gasteiger partial charge in [0.05, 0.1) is 296 Å². The third-order valence-corrected chi connectivity index (χ3v) is 18.7. The number of aliphatic hydroxyl groups is 3. The Morgan fingerprint density at radius 1 is 0.416 bits per heavy atom. The Morgan fingerprint density at radius 3 is 1.10 bits per heavy atom. The minimum absolute atomic E-state index is 0.0377. The molecule has 125 heavy (non-hydrogen) atoms. The van der Waals surface area contributed by atoms with Gasteiger partial charge in [-0.2, -0.15) is 0 Å². The number of imide groups is 1. The molecule has 0 radical (unpaired) electrons. The van der Waals surface area contributed by atoms with Crippen LogP contribution in [0, 0.1) is 11.8 Å². The zero-order chi connectivity index (χ0) is 90.4. The second kappa shape index (κ2) is 73.4. The lowest BCUT2D eigenvalue weighted by molar-refractivity contribution is -0.228. The first kappa shape index (κ1) is 111. The maximum absolute atomic E-state index is 15.0. The fourth-order valence-electron chi connectivity index (χ4n) is 11.9. The summed E-state index contributed by atoms with van der Waals surface area (Å²) in [5.41, 5.74) is 1.94. The number of carboxylic acids is 1. The lowest BCUT2D eigenvalue weighted by atomic mass is 9.87. The van der Waals surface area contributed by atoms with Crippen LogP contribution in [0.3, 0.4) is 0 Å². The molecular weight excluding hydrogens is 1650 g/mol. The standard InChI is InChI=1S/C86H140N2O37/c1-65(2)72(63-74(90)66(3)88-79(92)13-14-80(88)93)85(97)87-73(75(91)61-68-7-9-71(64-124-67(4)89)70(59-68)10-12-77-81(94)82(95)83(96)84(125-77)86(98)99)60-69-8-11-76(122-57-55-120-53-51-118-49-47-116-45-43-114-41-39-112-37-35-110-33-31-108-29-27-106-25-23-104-21-19-102-17-15-100-5)78(62-69)123-58-56-121-54-52-119-50-48-117-46-44-115-42-40-113-38-36-111-34-32-109-30-28-107-26-24-105-22-20-103-18-16-101-6/h7-9,11,13-14,59,62,65-66,72-73,77,81-84,94-96H,10,12,15-58,60-61,63-64H2,1-6H3,(H,87,97)(H,98,99)/t66-,72-,73-,77-,81-,82+,83-,84-/m0/s1. The molecule has 2 aliphatic rings. The molecule has 4 rings (SSSR count). The van der Waals surface area contributed by atoms with Gasteiger partial charge in [-0.3, -0.25) is 33.7 Å². The van der Waals surface area contributed by atoms with E-state index in [1.807, 2.05) is 0 Å². The highest BCUT2D eigenvalue weighted by Crippen LogP contribution is 2.31. The molecule has 2 aromatic carbocycles. The monoisotopic (exact) mass is 1790 g/mol. The summed E-state index contributed by atoms with van der Waals surface area (Å²) in [5, 5.41) is 44.5. The topological polar surface area (TPSA) is 456 Å². The van der Waals surface area contributed by atoms with E-state index in [4.69, 9.17) is 123 Å². The van der Waals surface area contributed by atoms with Crippen molar-refractivity contribution < 1.29 is 177 Å². The number of benzene rings is 2. The quantitative estimate of drug-likeness (QED) is 0.0355. The second-order valence-corrected chi connectivity index (χ2v) is 28.5. The third kappa shape index (κ3) is 52.8. The highest BCUT2D eigenvalue weighted by Gasteiger charge is 2.47. The van der Waals surface area contributed by atoms with E-state index in [0.29, 0.717) is 266 Å². The van der Waals surface area contributed by atoms with Crippen molar-refractivity contribution in [1.29, 1.82) is 0 Å². The van der Waals surface area contributed by atoms with E-state index in [0.717, 1.165) is 17.1 Å². The summed E-state index contributed by atoms with van der Waals surface area (Å²) in [4.78, 5) is 93.6. The molecule has 2 aliphatic heterocycles. The highest BCUT2D eigenvalue weighted by molar-refractivity contribution is 6.15. The molecule has 716 valence electrons. The number of hydrogen-bond donors (Lipinski definition) is 5. The smallest absolute Gasteiger partial charge is 0.335 e. The molecule has 0 bridgehead atoms. The zero-order valence-electron chi connectivity index (χ0n) is 73.9. The normalized spacial score (nSPS) is 16.6. The predicted molar refractivity (Wildman–Crippen MR) is 445 cm³/mol. The van der Waals surface area contributed by atoms with Gasteiger partial charge < -0.3 is 149 Å². The molecule has 0 spiro atoms. The van der Waals surface area contributed by atoms with Gasteiger partial charge in [0, 0.05) is 52.1 Å². The number of amides is 3. The summed E-state index contributed by atoms with van der Waals surface area (Å²) < 4.78 is 145. The van der Waals surface area contributed by atoms with Crippen molar-refractivity contribution in [3.63, 3.8) is 0 Å². The predicted octanol–water partition coefficient (Wildman–Crippen LogP) is 1.38. The molecule has 3 amide bonds. The molecule has 39 nitrogen and oxygen atoms in total. The van der Waals surface area contributed by atoms with Gasteiger partial charge in [0.2, 0.25) is 5.91 Å². The van der Waals surface area contributed by atoms with Gasteiger partial charge >= 0.3 is 11.9 Å². The van der Waals surface area contributed by atoms with Crippen LogP contribution in [0.5, 0.6) is 11.5 Å². The van der Waals surface area contributed by atoms with Gasteiger partial charge in [0.1, 0.15) is 38.1 Å². The zero-order valence-corrected chi connectivity index (χ0v) is 73.9. The Morgan fingerprint density at radius 2 is 0.760 bits per heavy atom. The van der Waals surface area contributed by atoms with E-state index >= 15 is 4.79 Å². The number of hydrogen-bond acceptors (Lipinski definition) is 36. The Hall–Kier alpha value is -6.37. The lowest BCUT2D eigenvalue weighted by Gasteiger charge is -2.39. The summed E-state index contributed by atoms with van der Waals surface area (Å²) >= 11 is 0. The number of ketones is 2. The average molecular weight is 1790 g/mol. The van der Waals surface area contributed by atoms with Crippen molar-refractivity contribution in [2.75, 3.05) is 305 Å². The number of nitrogens with zero attached hydrogens (tertiary/aromatic N) is 1.